The van der Waals surface area contributed by atoms with Crippen molar-refractivity contribution in [2.75, 3.05) is 19.7 Å². The van der Waals surface area contributed by atoms with Gasteiger partial charge in [0, 0.05) is 32.0 Å². The number of hydrogen-bond acceptors (Lipinski definition) is 3. The van der Waals surface area contributed by atoms with Crippen LogP contribution in [0.2, 0.25) is 0 Å². The number of aromatic nitrogens is 1. The molecule has 1 aromatic heterocycles. The van der Waals surface area contributed by atoms with Crippen LogP contribution in [0.3, 0.4) is 0 Å². The average Bonchev–Trinajstić information content (AvgIpc) is 2.71. The van der Waals surface area contributed by atoms with E-state index in [1.54, 1.807) is 6.20 Å². The monoisotopic (exact) mass is 372 g/mol. The van der Waals surface area contributed by atoms with Gasteiger partial charge in [0.2, 0.25) is 0 Å². The maximum atomic E-state index is 9.40. The van der Waals surface area contributed by atoms with Crippen LogP contribution in [0.1, 0.15) is 29.2 Å². The van der Waals surface area contributed by atoms with Crippen LogP contribution < -0.4 is 0 Å². The Labute approximate surface area is 168 Å². The third-order valence-corrected chi connectivity index (χ3v) is 4.66. The zero-order valence-electron chi connectivity index (χ0n) is 16.5. The number of aliphatic hydroxyl groups is 1. The summed E-state index contributed by atoms with van der Waals surface area (Å²) in [4.78, 5) is 6.45. The van der Waals surface area contributed by atoms with E-state index in [1.165, 1.54) is 27.8 Å². The lowest BCUT2D eigenvalue weighted by atomic mass is 10.0. The zero-order chi connectivity index (χ0) is 19.6. The second kappa shape index (κ2) is 10.5. The van der Waals surface area contributed by atoms with Crippen LogP contribution in [-0.2, 0) is 13.0 Å². The smallest absolute Gasteiger partial charge is 0.0558 e. The largest absolute Gasteiger partial charge is 0.395 e. The molecule has 0 spiro atoms. The van der Waals surface area contributed by atoms with E-state index in [-0.39, 0.29) is 6.61 Å². The van der Waals surface area contributed by atoms with Crippen molar-refractivity contribution in [3.8, 4) is 0 Å². The van der Waals surface area contributed by atoms with Crippen molar-refractivity contribution in [2.24, 2.45) is 0 Å². The fourth-order valence-electron chi connectivity index (χ4n) is 3.35. The van der Waals surface area contributed by atoms with Crippen LogP contribution in [0.4, 0.5) is 0 Å². The molecule has 144 valence electrons. The Morgan fingerprint density at radius 3 is 2.36 bits per heavy atom. The standard InChI is InChI=1S/C25H28N2O/c1-21(19-27(14-15-28)20-24-6-3-2-4-7-24)16-22-9-11-23(12-10-22)17-25-8-5-13-26-18-25/h2-13,16,18,28H,14-15,17,19-20H2,1H3/b21-16+. The molecule has 28 heavy (non-hydrogen) atoms. The lowest BCUT2D eigenvalue weighted by Crippen LogP contribution is -2.28. The molecule has 3 heteroatoms. The first-order chi connectivity index (χ1) is 13.7. The molecule has 1 heterocycles. The molecule has 3 nitrogen and oxygen atoms in total. The maximum Gasteiger partial charge on any atom is 0.0558 e. The van der Waals surface area contributed by atoms with E-state index in [1.807, 2.05) is 18.3 Å². The molecule has 0 bridgehead atoms. The van der Waals surface area contributed by atoms with Crippen LogP contribution in [0.15, 0.2) is 84.7 Å². The van der Waals surface area contributed by atoms with Gasteiger partial charge in [-0.25, -0.2) is 0 Å². The van der Waals surface area contributed by atoms with Crippen LogP contribution in [0, 0.1) is 0 Å². The Bertz CT molecular complexity index is 858. The van der Waals surface area contributed by atoms with Crippen LogP contribution in [0.5, 0.6) is 0 Å². The summed E-state index contributed by atoms with van der Waals surface area (Å²) in [5, 5.41) is 9.40. The molecule has 0 saturated carbocycles. The summed E-state index contributed by atoms with van der Waals surface area (Å²) < 4.78 is 0. The number of nitrogens with zero attached hydrogens (tertiary/aromatic N) is 2. The van der Waals surface area contributed by atoms with Crippen molar-refractivity contribution in [2.45, 2.75) is 19.9 Å². The molecular weight excluding hydrogens is 344 g/mol. The highest BCUT2D eigenvalue weighted by Crippen LogP contribution is 2.14. The minimum Gasteiger partial charge on any atom is -0.395 e. The second-order valence-electron chi connectivity index (χ2n) is 7.19. The predicted octanol–water partition coefficient (Wildman–Crippen LogP) is 4.57. The third-order valence-electron chi connectivity index (χ3n) is 4.66. The van der Waals surface area contributed by atoms with Crippen molar-refractivity contribution in [3.63, 3.8) is 0 Å². The van der Waals surface area contributed by atoms with Crippen molar-refractivity contribution >= 4 is 6.08 Å². The Morgan fingerprint density at radius 2 is 1.68 bits per heavy atom. The van der Waals surface area contributed by atoms with Crippen molar-refractivity contribution in [3.05, 3.63) is 107 Å². The van der Waals surface area contributed by atoms with Gasteiger partial charge in [0.15, 0.2) is 0 Å². The van der Waals surface area contributed by atoms with E-state index >= 15 is 0 Å². The van der Waals surface area contributed by atoms with Crippen LogP contribution in [-0.4, -0.2) is 34.7 Å². The molecular formula is C25H28N2O. The van der Waals surface area contributed by atoms with Crippen LogP contribution >= 0.6 is 0 Å². The highest BCUT2D eigenvalue weighted by molar-refractivity contribution is 5.53. The van der Waals surface area contributed by atoms with E-state index in [2.05, 4.69) is 77.5 Å². The molecule has 0 atom stereocenters. The highest BCUT2D eigenvalue weighted by Gasteiger charge is 2.06. The summed E-state index contributed by atoms with van der Waals surface area (Å²) in [6.07, 6.45) is 6.85. The van der Waals surface area contributed by atoms with Crippen LogP contribution in [0.25, 0.3) is 6.08 Å². The maximum absolute atomic E-state index is 9.40. The molecule has 0 saturated heterocycles. The van der Waals surface area contributed by atoms with Gasteiger partial charge in [0.1, 0.15) is 0 Å². The molecule has 3 rings (SSSR count). The van der Waals surface area contributed by atoms with Crippen molar-refractivity contribution in [1.82, 2.24) is 9.88 Å². The Morgan fingerprint density at radius 1 is 0.929 bits per heavy atom. The van der Waals surface area contributed by atoms with E-state index in [9.17, 15) is 5.11 Å². The Kier molecular flexibility index (Phi) is 7.53. The molecule has 0 fully saturated rings. The number of benzene rings is 2. The fourth-order valence-corrected chi connectivity index (χ4v) is 3.35. The van der Waals surface area contributed by atoms with Gasteiger partial charge in [-0.3, -0.25) is 9.88 Å². The first-order valence-corrected chi connectivity index (χ1v) is 9.75. The van der Waals surface area contributed by atoms with E-state index in [0.29, 0.717) is 6.54 Å². The number of hydrogen-bond donors (Lipinski definition) is 1. The lowest BCUT2D eigenvalue weighted by Gasteiger charge is -2.22. The molecule has 3 aromatic rings. The zero-order valence-corrected chi connectivity index (χ0v) is 16.5. The van der Waals surface area contributed by atoms with Gasteiger partial charge in [-0.15, -0.1) is 0 Å². The lowest BCUT2D eigenvalue weighted by molar-refractivity contribution is 0.201. The fraction of sp³-hybridized carbons (Fsp3) is 0.240. The third kappa shape index (κ3) is 6.45. The van der Waals surface area contributed by atoms with Gasteiger partial charge in [-0.1, -0.05) is 72.3 Å². The van der Waals surface area contributed by atoms with E-state index in [0.717, 1.165) is 19.5 Å². The van der Waals surface area contributed by atoms with Crippen molar-refractivity contribution in [1.29, 1.82) is 0 Å². The molecule has 0 unspecified atom stereocenters. The number of pyridine rings is 1. The molecule has 1 N–H and O–H groups in total. The van der Waals surface area contributed by atoms with Gasteiger partial charge < -0.3 is 5.11 Å². The van der Waals surface area contributed by atoms with Gasteiger partial charge in [-0.2, -0.15) is 0 Å². The number of aliphatic hydroxyl groups excluding tert-OH is 1. The minimum atomic E-state index is 0.170. The summed E-state index contributed by atoms with van der Waals surface area (Å²) in [6.45, 7) is 4.68. The average molecular weight is 373 g/mol. The normalized spacial score (nSPS) is 11.8. The van der Waals surface area contributed by atoms with Gasteiger partial charge in [0.05, 0.1) is 6.61 Å². The molecule has 2 aromatic carbocycles. The summed E-state index contributed by atoms with van der Waals surface area (Å²) in [5.74, 6) is 0. The minimum absolute atomic E-state index is 0.170. The first kappa shape index (κ1) is 20.0. The summed E-state index contributed by atoms with van der Waals surface area (Å²) in [7, 11) is 0. The molecule has 0 aliphatic rings. The second-order valence-corrected chi connectivity index (χ2v) is 7.19. The van der Waals surface area contributed by atoms with Gasteiger partial charge in [0.25, 0.3) is 0 Å². The Balaban J connectivity index is 1.61. The predicted molar refractivity (Wildman–Crippen MR) is 116 cm³/mol. The topological polar surface area (TPSA) is 36.4 Å². The van der Waals surface area contributed by atoms with E-state index < -0.39 is 0 Å². The van der Waals surface area contributed by atoms with Crippen molar-refractivity contribution < 1.29 is 5.11 Å². The first-order valence-electron chi connectivity index (χ1n) is 9.75. The van der Waals surface area contributed by atoms with Gasteiger partial charge in [-0.05, 0) is 41.7 Å². The Hall–Kier alpha value is -2.75. The summed E-state index contributed by atoms with van der Waals surface area (Å²) in [6, 6.07) is 23.2. The molecule has 0 radical (unpaired) electrons. The van der Waals surface area contributed by atoms with E-state index in [4.69, 9.17) is 0 Å². The highest BCUT2D eigenvalue weighted by atomic mass is 16.3. The quantitative estimate of drug-likeness (QED) is 0.598. The molecule has 0 amide bonds. The summed E-state index contributed by atoms with van der Waals surface area (Å²) >= 11 is 0. The number of rotatable bonds is 9. The molecule has 0 aliphatic heterocycles. The van der Waals surface area contributed by atoms with Gasteiger partial charge >= 0.3 is 0 Å². The molecule has 0 aliphatic carbocycles. The SMILES string of the molecule is C/C(=C\c1ccc(Cc2cccnc2)cc1)CN(CCO)Cc1ccccc1. The summed E-state index contributed by atoms with van der Waals surface area (Å²) in [5.41, 5.74) is 6.26.